The van der Waals surface area contributed by atoms with Crippen molar-refractivity contribution in [2.75, 3.05) is 25.5 Å². The molecule has 5 nitrogen and oxygen atoms in total. The lowest BCUT2D eigenvalue weighted by Crippen LogP contribution is -2.44. The third-order valence-electron chi connectivity index (χ3n) is 4.88. The third kappa shape index (κ3) is 2.92. The number of rotatable bonds is 3. The van der Waals surface area contributed by atoms with Crippen LogP contribution in [-0.2, 0) is 10.0 Å². The molecule has 1 aliphatic carbocycles. The quantitative estimate of drug-likeness (QED) is 0.931. The Morgan fingerprint density at radius 3 is 2.62 bits per heavy atom. The molecule has 0 amide bonds. The molecule has 3 rings (SSSR count). The van der Waals surface area contributed by atoms with E-state index in [9.17, 15) is 8.42 Å². The zero-order chi connectivity index (χ0) is 14.9. The van der Waals surface area contributed by atoms with Gasteiger partial charge in [-0.1, -0.05) is 19.3 Å². The molecule has 6 heteroatoms. The first-order valence-electron chi connectivity index (χ1n) is 7.75. The summed E-state index contributed by atoms with van der Waals surface area (Å²) >= 11 is 0. The van der Waals surface area contributed by atoms with Crippen LogP contribution in [0.15, 0.2) is 23.2 Å². The topological polar surface area (TPSA) is 62.3 Å². The van der Waals surface area contributed by atoms with Gasteiger partial charge in [0.25, 0.3) is 0 Å². The summed E-state index contributed by atoms with van der Waals surface area (Å²) in [6, 6.07) is 3.35. The van der Waals surface area contributed by atoms with Crippen LogP contribution in [0.25, 0.3) is 0 Å². The molecule has 0 bridgehead atoms. The Kier molecular flexibility index (Phi) is 4.17. The molecule has 1 aromatic heterocycles. The Morgan fingerprint density at radius 1 is 1.19 bits per heavy atom. The molecule has 2 aliphatic rings. The van der Waals surface area contributed by atoms with E-state index in [1.807, 2.05) is 0 Å². The standard InChI is InChI=1S/C15H23N3O2S/c1-16-15-7-6-14(10-17-15)21(19,20)18-9-8-12-4-2-3-5-13(12)11-18/h6-7,10,12-13H,2-5,8-9,11H2,1H3,(H,16,17). The number of hydrogen-bond donors (Lipinski definition) is 1. The molecule has 2 fully saturated rings. The molecule has 2 atom stereocenters. The van der Waals surface area contributed by atoms with Gasteiger partial charge in [-0.2, -0.15) is 4.31 Å². The maximum absolute atomic E-state index is 12.7. The van der Waals surface area contributed by atoms with Crippen molar-refractivity contribution in [3.05, 3.63) is 18.3 Å². The van der Waals surface area contributed by atoms with Crippen molar-refractivity contribution < 1.29 is 8.42 Å². The highest BCUT2D eigenvalue weighted by atomic mass is 32.2. The Morgan fingerprint density at radius 2 is 1.95 bits per heavy atom. The molecule has 116 valence electrons. The third-order valence-corrected chi connectivity index (χ3v) is 6.73. The molecule has 1 saturated carbocycles. The highest BCUT2D eigenvalue weighted by Gasteiger charge is 2.36. The molecular formula is C15H23N3O2S. The minimum absolute atomic E-state index is 0.302. The lowest BCUT2D eigenvalue weighted by molar-refractivity contribution is 0.136. The van der Waals surface area contributed by atoms with Crippen molar-refractivity contribution in [3.63, 3.8) is 0 Å². The number of aromatic nitrogens is 1. The van der Waals surface area contributed by atoms with Gasteiger partial charge in [0.15, 0.2) is 0 Å². The number of sulfonamides is 1. The minimum Gasteiger partial charge on any atom is -0.373 e. The van der Waals surface area contributed by atoms with Crippen molar-refractivity contribution in [1.29, 1.82) is 0 Å². The molecule has 1 saturated heterocycles. The van der Waals surface area contributed by atoms with Crippen molar-refractivity contribution in [2.24, 2.45) is 11.8 Å². The molecule has 2 unspecified atom stereocenters. The molecule has 1 aliphatic heterocycles. The fraction of sp³-hybridized carbons (Fsp3) is 0.667. The molecule has 1 aromatic rings. The monoisotopic (exact) mass is 309 g/mol. The second kappa shape index (κ2) is 5.93. The van der Waals surface area contributed by atoms with Crippen molar-refractivity contribution in [3.8, 4) is 0 Å². The Bertz CT molecular complexity index is 585. The highest BCUT2D eigenvalue weighted by Crippen LogP contribution is 2.37. The van der Waals surface area contributed by atoms with E-state index in [4.69, 9.17) is 0 Å². The van der Waals surface area contributed by atoms with E-state index < -0.39 is 10.0 Å². The second-order valence-corrected chi connectivity index (χ2v) is 8.02. The van der Waals surface area contributed by atoms with Gasteiger partial charge in [-0.25, -0.2) is 13.4 Å². The largest absolute Gasteiger partial charge is 0.373 e. The van der Waals surface area contributed by atoms with Crippen LogP contribution in [0.2, 0.25) is 0 Å². The fourth-order valence-corrected chi connectivity index (χ4v) is 5.07. The van der Waals surface area contributed by atoms with E-state index in [0.717, 1.165) is 12.3 Å². The summed E-state index contributed by atoms with van der Waals surface area (Å²) in [7, 11) is -1.63. The maximum atomic E-state index is 12.7. The van der Waals surface area contributed by atoms with E-state index in [1.165, 1.54) is 31.9 Å². The highest BCUT2D eigenvalue weighted by molar-refractivity contribution is 7.89. The number of anilines is 1. The van der Waals surface area contributed by atoms with Gasteiger partial charge in [-0.15, -0.1) is 0 Å². The van der Waals surface area contributed by atoms with Gasteiger partial charge in [0.2, 0.25) is 10.0 Å². The Hall–Kier alpha value is -1.14. The van der Waals surface area contributed by atoms with Crippen LogP contribution in [-0.4, -0.2) is 37.8 Å². The van der Waals surface area contributed by atoms with Crippen molar-refractivity contribution in [1.82, 2.24) is 9.29 Å². The minimum atomic E-state index is -3.39. The molecule has 1 N–H and O–H groups in total. The van der Waals surface area contributed by atoms with Gasteiger partial charge in [-0.05, 0) is 36.8 Å². The first-order valence-corrected chi connectivity index (χ1v) is 9.19. The lowest BCUT2D eigenvalue weighted by atomic mass is 9.76. The predicted molar refractivity (Wildman–Crippen MR) is 82.6 cm³/mol. The zero-order valence-corrected chi connectivity index (χ0v) is 13.3. The number of piperidine rings is 1. The van der Waals surface area contributed by atoms with Gasteiger partial charge in [0.1, 0.15) is 10.7 Å². The predicted octanol–water partition coefficient (Wildman–Crippen LogP) is 2.32. The van der Waals surface area contributed by atoms with Gasteiger partial charge >= 0.3 is 0 Å². The Labute approximate surface area is 126 Å². The van der Waals surface area contributed by atoms with Gasteiger partial charge < -0.3 is 5.32 Å². The second-order valence-electron chi connectivity index (χ2n) is 6.09. The van der Waals surface area contributed by atoms with Gasteiger partial charge in [0, 0.05) is 26.3 Å². The number of nitrogens with one attached hydrogen (secondary N) is 1. The molecule has 21 heavy (non-hydrogen) atoms. The van der Waals surface area contributed by atoms with Crippen LogP contribution in [0.3, 0.4) is 0 Å². The van der Waals surface area contributed by atoms with E-state index in [2.05, 4.69) is 10.3 Å². The van der Waals surface area contributed by atoms with Crippen LogP contribution in [0, 0.1) is 11.8 Å². The first kappa shape index (κ1) is 14.8. The summed E-state index contributed by atoms with van der Waals surface area (Å²) < 4.78 is 27.1. The first-order chi connectivity index (χ1) is 10.1. The molecule has 0 aromatic carbocycles. The average molecular weight is 309 g/mol. The molecular weight excluding hydrogens is 286 g/mol. The number of nitrogens with zero attached hydrogens (tertiary/aromatic N) is 2. The van der Waals surface area contributed by atoms with Crippen molar-refractivity contribution >= 4 is 15.8 Å². The SMILES string of the molecule is CNc1ccc(S(=O)(=O)N2CCC3CCCCC3C2)cn1. The van der Waals surface area contributed by atoms with E-state index >= 15 is 0 Å². The number of fused-ring (bicyclic) bond motifs is 1. The normalized spacial score (nSPS) is 27.1. The summed E-state index contributed by atoms with van der Waals surface area (Å²) in [6.45, 7) is 1.33. The summed E-state index contributed by atoms with van der Waals surface area (Å²) in [6.07, 6.45) is 7.46. The van der Waals surface area contributed by atoms with Crippen molar-refractivity contribution in [2.45, 2.75) is 37.0 Å². The maximum Gasteiger partial charge on any atom is 0.244 e. The van der Waals surface area contributed by atoms with Crippen LogP contribution < -0.4 is 5.32 Å². The fourth-order valence-electron chi connectivity index (χ4n) is 3.62. The van der Waals surface area contributed by atoms with Crippen LogP contribution in [0.5, 0.6) is 0 Å². The zero-order valence-electron chi connectivity index (χ0n) is 12.5. The Balaban J connectivity index is 1.78. The van der Waals surface area contributed by atoms with E-state index in [0.29, 0.717) is 29.7 Å². The van der Waals surface area contributed by atoms with Crippen LogP contribution >= 0.6 is 0 Å². The number of pyridine rings is 1. The van der Waals surface area contributed by atoms with Crippen LogP contribution in [0.4, 0.5) is 5.82 Å². The summed E-state index contributed by atoms with van der Waals surface area (Å²) in [4.78, 5) is 4.42. The smallest absolute Gasteiger partial charge is 0.244 e. The van der Waals surface area contributed by atoms with Gasteiger partial charge in [0.05, 0.1) is 0 Å². The van der Waals surface area contributed by atoms with Gasteiger partial charge in [-0.3, -0.25) is 0 Å². The summed E-state index contributed by atoms with van der Waals surface area (Å²) in [5, 5.41) is 2.90. The summed E-state index contributed by atoms with van der Waals surface area (Å²) in [5.74, 6) is 1.96. The van der Waals surface area contributed by atoms with E-state index in [1.54, 1.807) is 23.5 Å². The molecule has 2 heterocycles. The summed E-state index contributed by atoms with van der Waals surface area (Å²) in [5.41, 5.74) is 0. The lowest BCUT2D eigenvalue weighted by Gasteiger charge is -2.40. The van der Waals surface area contributed by atoms with Crippen LogP contribution in [0.1, 0.15) is 32.1 Å². The molecule has 0 radical (unpaired) electrons. The number of hydrogen-bond acceptors (Lipinski definition) is 4. The average Bonchev–Trinajstić information content (AvgIpc) is 2.54. The molecule has 0 spiro atoms. The van der Waals surface area contributed by atoms with E-state index in [-0.39, 0.29) is 0 Å².